The van der Waals surface area contributed by atoms with Crippen LogP contribution in [-0.2, 0) is 17.9 Å². The van der Waals surface area contributed by atoms with Crippen molar-refractivity contribution in [3.05, 3.63) is 48.0 Å². The van der Waals surface area contributed by atoms with Crippen LogP contribution in [-0.4, -0.2) is 37.2 Å². The second-order valence-electron chi connectivity index (χ2n) is 5.96. The first-order valence-electron chi connectivity index (χ1n) is 9.51. The zero-order chi connectivity index (χ0) is 19.2. The molecule has 0 amide bonds. The van der Waals surface area contributed by atoms with Gasteiger partial charge in [-0.3, -0.25) is 0 Å². The molecule has 2 N–H and O–H groups in total. The summed E-state index contributed by atoms with van der Waals surface area (Å²) in [5, 5.41) is 6.56. The lowest BCUT2D eigenvalue weighted by molar-refractivity contribution is 0.105. The van der Waals surface area contributed by atoms with Crippen LogP contribution >= 0.6 is 0 Å². The van der Waals surface area contributed by atoms with Gasteiger partial charge in [-0.25, -0.2) is 9.98 Å². The zero-order valence-corrected chi connectivity index (χ0v) is 16.2. The van der Waals surface area contributed by atoms with Crippen molar-refractivity contribution in [2.75, 3.05) is 26.3 Å². The van der Waals surface area contributed by atoms with Gasteiger partial charge in [-0.1, -0.05) is 13.0 Å². The highest BCUT2D eigenvalue weighted by Crippen LogP contribution is 2.08. The Hall–Kier alpha value is -2.54. The van der Waals surface area contributed by atoms with E-state index in [1.807, 2.05) is 31.2 Å². The fourth-order valence-electron chi connectivity index (χ4n) is 2.26. The van der Waals surface area contributed by atoms with E-state index in [9.17, 15) is 0 Å². The molecule has 0 radical (unpaired) electrons. The van der Waals surface area contributed by atoms with Gasteiger partial charge in [-0.2, -0.15) is 0 Å². The minimum Gasteiger partial charge on any atom is -0.478 e. The Morgan fingerprint density at radius 2 is 2.11 bits per heavy atom. The predicted octanol–water partition coefficient (Wildman–Crippen LogP) is 3.13. The van der Waals surface area contributed by atoms with Gasteiger partial charge < -0.3 is 24.5 Å². The molecule has 0 unspecified atom stereocenters. The molecule has 2 aromatic heterocycles. The van der Waals surface area contributed by atoms with Gasteiger partial charge in [0.05, 0.1) is 19.4 Å². The monoisotopic (exact) mass is 374 g/mol. The van der Waals surface area contributed by atoms with Crippen LogP contribution in [0.15, 0.2) is 46.1 Å². The van der Waals surface area contributed by atoms with E-state index < -0.39 is 0 Å². The number of aromatic nitrogens is 1. The molecule has 0 aliphatic rings. The average molecular weight is 374 g/mol. The van der Waals surface area contributed by atoms with Crippen molar-refractivity contribution in [1.29, 1.82) is 0 Å². The molecule has 0 bridgehead atoms. The highest BCUT2D eigenvalue weighted by Gasteiger charge is 2.00. The molecule has 7 nitrogen and oxygen atoms in total. The van der Waals surface area contributed by atoms with Gasteiger partial charge in [0.2, 0.25) is 5.88 Å². The third-order valence-corrected chi connectivity index (χ3v) is 3.60. The summed E-state index contributed by atoms with van der Waals surface area (Å²) in [5.74, 6) is 2.29. The Bertz CT molecular complexity index is 642. The van der Waals surface area contributed by atoms with Gasteiger partial charge in [0.25, 0.3) is 0 Å². The number of nitrogens with zero attached hydrogens (tertiary/aromatic N) is 2. The second kappa shape index (κ2) is 12.8. The summed E-state index contributed by atoms with van der Waals surface area (Å²) in [5.41, 5.74) is 1.04. The lowest BCUT2D eigenvalue weighted by Crippen LogP contribution is -2.38. The molecule has 0 atom stereocenters. The third-order valence-electron chi connectivity index (χ3n) is 3.60. The Balaban J connectivity index is 1.68. The molecule has 0 saturated carbocycles. The summed E-state index contributed by atoms with van der Waals surface area (Å²) in [7, 11) is 0. The number of guanidine groups is 1. The van der Waals surface area contributed by atoms with Crippen molar-refractivity contribution in [2.24, 2.45) is 4.99 Å². The van der Waals surface area contributed by atoms with Crippen LogP contribution in [0.2, 0.25) is 0 Å². The molecule has 0 aliphatic heterocycles. The van der Waals surface area contributed by atoms with E-state index in [4.69, 9.17) is 13.9 Å². The number of furan rings is 1. The molecule has 0 aromatic carbocycles. The van der Waals surface area contributed by atoms with Crippen molar-refractivity contribution in [3.63, 3.8) is 0 Å². The van der Waals surface area contributed by atoms with Gasteiger partial charge in [0, 0.05) is 32.0 Å². The maximum atomic E-state index is 5.57. The molecule has 0 aliphatic carbocycles. The summed E-state index contributed by atoms with van der Waals surface area (Å²) >= 11 is 0. The van der Waals surface area contributed by atoms with Gasteiger partial charge in [0.1, 0.15) is 12.4 Å². The minimum absolute atomic E-state index is 0.506. The normalized spacial score (nSPS) is 11.4. The van der Waals surface area contributed by atoms with Crippen molar-refractivity contribution < 1.29 is 13.9 Å². The van der Waals surface area contributed by atoms with Crippen LogP contribution in [0.1, 0.15) is 38.0 Å². The molecule has 148 valence electrons. The van der Waals surface area contributed by atoms with Crippen molar-refractivity contribution >= 4 is 5.96 Å². The summed E-state index contributed by atoms with van der Waals surface area (Å²) in [6.07, 6.45) is 5.32. The Morgan fingerprint density at radius 3 is 2.81 bits per heavy atom. The summed E-state index contributed by atoms with van der Waals surface area (Å²) in [6, 6.07) is 7.65. The molecular formula is C20H30N4O3. The third kappa shape index (κ3) is 8.59. The molecule has 2 rings (SSSR count). The standard InChI is InChI=1S/C20H30N4O3/c1-3-11-27-19-9-8-17(14-23-19)15-24-20(21-4-2)22-10-6-12-25-16-18-7-5-13-26-18/h5,7-9,13-14H,3-4,6,10-12,15-16H2,1-2H3,(H2,21,22,24). The molecule has 0 spiro atoms. The number of rotatable bonds is 12. The molecule has 2 aromatic rings. The lowest BCUT2D eigenvalue weighted by atomic mass is 10.3. The first-order chi connectivity index (χ1) is 13.3. The van der Waals surface area contributed by atoms with Crippen LogP contribution in [0.3, 0.4) is 0 Å². The van der Waals surface area contributed by atoms with Crippen LogP contribution in [0, 0.1) is 0 Å². The maximum absolute atomic E-state index is 5.57. The summed E-state index contributed by atoms with van der Waals surface area (Å²) < 4.78 is 16.3. The number of nitrogens with one attached hydrogen (secondary N) is 2. The van der Waals surface area contributed by atoms with Crippen LogP contribution in [0.25, 0.3) is 0 Å². The fourth-order valence-corrected chi connectivity index (χ4v) is 2.26. The Morgan fingerprint density at radius 1 is 1.19 bits per heavy atom. The van der Waals surface area contributed by atoms with E-state index in [0.717, 1.165) is 43.2 Å². The first-order valence-corrected chi connectivity index (χ1v) is 9.51. The Labute approximate surface area is 161 Å². The highest BCUT2D eigenvalue weighted by atomic mass is 16.5. The second-order valence-corrected chi connectivity index (χ2v) is 5.96. The first kappa shape index (κ1) is 20.8. The summed E-state index contributed by atoms with van der Waals surface area (Å²) in [6.45, 7) is 8.13. The highest BCUT2D eigenvalue weighted by molar-refractivity contribution is 5.79. The van der Waals surface area contributed by atoms with E-state index in [2.05, 4.69) is 27.5 Å². The number of hydrogen-bond donors (Lipinski definition) is 2. The lowest BCUT2D eigenvalue weighted by Gasteiger charge is -2.11. The molecule has 27 heavy (non-hydrogen) atoms. The van der Waals surface area contributed by atoms with E-state index in [1.165, 1.54) is 0 Å². The largest absolute Gasteiger partial charge is 0.478 e. The van der Waals surface area contributed by atoms with Gasteiger partial charge >= 0.3 is 0 Å². The SMILES string of the molecule is CCCOc1ccc(CN=C(NCC)NCCCOCc2ccco2)cn1. The smallest absolute Gasteiger partial charge is 0.213 e. The number of hydrogen-bond acceptors (Lipinski definition) is 5. The zero-order valence-electron chi connectivity index (χ0n) is 16.2. The summed E-state index contributed by atoms with van der Waals surface area (Å²) in [4.78, 5) is 8.89. The van der Waals surface area contributed by atoms with Crippen molar-refractivity contribution in [3.8, 4) is 5.88 Å². The minimum atomic E-state index is 0.506. The number of ether oxygens (including phenoxy) is 2. The molecule has 2 heterocycles. The van der Waals surface area contributed by atoms with E-state index >= 15 is 0 Å². The van der Waals surface area contributed by atoms with Crippen molar-refractivity contribution in [1.82, 2.24) is 15.6 Å². The topological polar surface area (TPSA) is 80.9 Å². The van der Waals surface area contributed by atoms with E-state index in [-0.39, 0.29) is 0 Å². The average Bonchev–Trinajstić information content (AvgIpc) is 3.21. The van der Waals surface area contributed by atoms with Crippen molar-refractivity contribution in [2.45, 2.75) is 39.8 Å². The maximum Gasteiger partial charge on any atom is 0.213 e. The number of aliphatic imine (C=N–C) groups is 1. The molecular weight excluding hydrogens is 344 g/mol. The molecule has 0 fully saturated rings. The van der Waals surface area contributed by atoms with Gasteiger partial charge in [-0.05, 0) is 37.5 Å². The quantitative estimate of drug-likeness (QED) is 0.337. The predicted molar refractivity (Wildman–Crippen MR) is 106 cm³/mol. The van der Waals surface area contributed by atoms with Crippen LogP contribution in [0.4, 0.5) is 0 Å². The van der Waals surface area contributed by atoms with Gasteiger partial charge in [-0.15, -0.1) is 0 Å². The van der Waals surface area contributed by atoms with Crippen LogP contribution < -0.4 is 15.4 Å². The van der Waals surface area contributed by atoms with Gasteiger partial charge in [0.15, 0.2) is 5.96 Å². The van der Waals surface area contributed by atoms with Crippen LogP contribution in [0.5, 0.6) is 5.88 Å². The Kier molecular flexibility index (Phi) is 9.81. The fraction of sp³-hybridized carbons (Fsp3) is 0.500. The molecule has 7 heteroatoms. The number of pyridine rings is 1. The van der Waals surface area contributed by atoms with E-state index in [1.54, 1.807) is 12.5 Å². The van der Waals surface area contributed by atoms with E-state index in [0.29, 0.717) is 32.2 Å². The molecule has 0 saturated heterocycles.